The number of ether oxygens (including phenoxy) is 2. The topological polar surface area (TPSA) is 124 Å². The van der Waals surface area contributed by atoms with E-state index in [1.54, 1.807) is 24.4 Å². The molecule has 3 heterocycles. The highest BCUT2D eigenvalue weighted by Gasteiger charge is 2.41. The van der Waals surface area contributed by atoms with Gasteiger partial charge in [-0.25, -0.2) is 9.97 Å². The summed E-state index contributed by atoms with van der Waals surface area (Å²) in [5.41, 5.74) is 3.56. The SMILES string of the molecule is Cc1ccnc(Cn2c(-c3ccc(OCC(=O)NCCCO)cc3Cl)nc3c(OC4(C)CC4)ncnc32)c1. The van der Waals surface area contributed by atoms with E-state index in [1.165, 1.54) is 6.33 Å². The summed E-state index contributed by atoms with van der Waals surface area (Å²) in [4.78, 5) is 30.3. The van der Waals surface area contributed by atoms with E-state index in [9.17, 15) is 4.79 Å². The lowest BCUT2D eigenvalue weighted by Crippen LogP contribution is -2.30. The summed E-state index contributed by atoms with van der Waals surface area (Å²) in [6.45, 7) is 4.74. The molecule has 1 saturated carbocycles. The van der Waals surface area contributed by atoms with Gasteiger partial charge in [0.2, 0.25) is 5.88 Å². The lowest BCUT2D eigenvalue weighted by Gasteiger charge is -2.12. The fourth-order valence-electron chi connectivity index (χ4n) is 3.98. The van der Waals surface area contributed by atoms with Crippen LogP contribution in [0.5, 0.6) is 11.6 Å². The maximum absolute atomic E-state index is 11.9. The molecule has 0 aliphatic heterocycles. The smallest absolute Gasteiger partial charge is 0.257 e. The number of amides is 1. The Balaban J connectivity index is 1.48. The summed E-state index contributed by atoms with van der Waals surface area (Å²) in [5.74, 6) is 1.20. The molecule has 1 amide bonds. The van der Waals surface area contributed by atoms with Gasteiger partial charge in [0.1, 0.15) is 23.5 Å². The van der Waals surface area contributed by atoms with Crippen molar-refractivity contribution in [2.45, 2.75) is 45.3 Å². The van der Waals surface area contributed by atoms with E-state index in [0.717, 1.165) is 24.1 Å². The lowest BCUT2D eigenvalue weighted by atomic mass is 10.2. The normalized spacial score (nSPS) is 13.9. The Bertz CT molecular complexity index is 1470. The molecule has 1 aliphatic carbocycles. The van der Waals surface area contributed by atoms with Gasteiger partial charge in [-0.1, -0.05) is 11.6 Å². The van der Waals surface area contributed by atoms with Crippen LogP contribution >= 0.6 is 11.6 Å². The van der Waals surface area contributed by atoms with Crippen molar-refractivity contribution in [3.05, 3.63) is 59.1 Å². The molecule has 0 unspecified atom stereocenters. The van der Waals surface area contributed by atoms with E-state index in [-0.39, 0.29) is 24.7 Å². The Kier molecular flexibility index (Phi) is 7.44. The fraction of sp³-hybridized carbons (Fsp3) is 0.370. The number of benzene rings is 1. The zero-order chi connectivity index (χ0) is 26.7. The van der Waals surface area contributed by atoms with Crippen molar-refractivity contribution in [2.24, 2.45) is 0 Å². The van der Waals surface area contributed by atoms with Crippen molar-refractivity contribution in [1.82, 2.24) is 29.8 Å². The van der Waals surface area contributed by atoms with Gasteiger partial charge in [-0.3, -0.25) is 9.78 Å². The monoisotopic (exact) mass is 536 g/mol. The molecule has 11 heteroatoms. The summed E-state index contributed by atoms with van der Waals surface area (Å²) < 4.78 is 13.8. The predicted octanol–water partition coefficient (Wildman–Crippen LogP) is 3.71. The van der Waals surface area contributed by atoms with Gasteiger partial charge in [-0.15, -0.1) is 0 Å². The van der Waals surface area contributed by atoms with E-state index in [2.05, 4.69) is 27.2 Å². The number of rotatable bonds is 11. The van der Waals surface area contributed by atoms with Gasteiger partial charge < -0.3 is 24.5 Å². The number of hydrogen-bond donors (Lipinski definition) is 2. The van der Waals surface area contributed by atoms with Gasteiger partial charge in [0.05, 0.1) is 17.3 Å². The molecule has 1 aromatic carbocycles. The Labute approximate surface area is 225 Å². The average molecular weight is 537 g/mol. The van der Waals surface area contributed by atoms with Crippen LogP contribution in [0.25, 0.3) is 22.6 Å². The first kappa shape index (κ1) is 25.9. The van der Waals surface area contributed by atoms with Crippen molar-refractivity contribution < 1.29 is 19.4 Å². The summed E-state index contributed by atoms with van der Waals surface area (Å²) in [5, 5.41) is 11.9. The van der Waals surface area contributed by atoms with Crippen LogP contribution in [0.4, 0.5) is 0 Å². The molecule has 3 aromatic heterocycles. The number of pyridine rings is 1. The van der Waals surface area contributed by atoms with Crippen LogP contribution < -0.4 is 14.8 Å². The molecular formula is C27H29ClN6O4. The highest BCUT2D eigenvalue weighted by molar-refractivity contribution is 6.33. The van der Waals surface area contributed by atoms with Gasteiger partial charge >= 0.3 is 0 Å². The van der Waals surface area contributed by atoms with Crippen molar-refractivity contribution in [3.8, 4) is 23.0 Å². The molecule has 5 rings (SSSR count). The van der Waals surface area contributed by atoms with E-state index < -0.39 is 0 Å². The minimum absolute atomic E-state index is 0.0153. The van der Waals surface area contributed by atoms with Crippen molar-refractivity contribution in [2.75, 3.05) is 19.8 Å². The third-order valence-corrected chi connectivity index (χ3v) is 6.61. The molecule has 0 radical (unpaired) electrons. The van der Waals surface area contributed by atoms with Crippen molar-refractivity contribution in [1.29, 1.82) is 0 Å². The van der Waals surface area contributed by atoms with Crippen LogP contribution in [0.1, 0.15) is 37.4 Å². The zero-order valence-electron chi connectivity index (χ0n) is 21.3. The molecule has 0 saturated heterocycles. The highest BCUT2D eigenvalue weighted by Crippen LogP contribution is 2.41. The Morgan fingerprint density at radius 2 is 2.05 bits per heavy atom. The van der Waals surface area contributed by atoms with Crippen LogP contribution in [-0.4, -0.2) is 60.9 Å². The first-order valence-electron chi connectivity index (χ1n) is 12.5. The van der Waals surface area contributed by atoms with Crippen LogP contribution in [0.3, 0.4) is 0 Å². The number of hydrogen-bond acceptors (Lipinski definition) is 8. The highest BCUT2D eigenvalue weighted by atomic mass is 35.5. The summed E-state index contributed by atoms with van der Waals surface area (Å²) in [6, 6.07) is 9.16. The van der Waals surface area contributed by atoms with Crippen LogP contribution in [0.15, 0.2) is 42.9 Å². The molecule has 10 nitrogen and oxygen atoms in total. The van der Waals surface area contributed by atoms with Crippen LogP contribution in [0.2, 0.25) is 5.02 Å². The van der Waals surface area contributed by atoms with Crippen LogP contribution in [0, 0.1) is 6.92 Å². The number of carbonyl (C=O) groups is 1. The molecule has 1 aliphatic rings. The van der Waals surface area contributed by atoms with E-state index in [0.29, 0.717) is 58.7 Å². The van der Waals surface area contributed by atoms with Crippen molar-refractivity contribution >= 4 is 28.7 Å². The first-order chi connectivity index (χ1) is 18.3. The first-order valence-corrected chi connectivity index (χ1v) is 12.8. The van der Waals surface area contributed by atoms with Gasteiger partial charge in [-0.2, -0.15) is 4.98 Å². The molecule has 4 aromatic rings. The van der Waals surface area contributed by atoms with Gasteiger partial charge in [0.15, 0.2) is 17.8 Å². The summed E-state index contributed by atoms with van der Waals surface area (Å²) in [6.07, 6.45) is 5.68. The minimum atomic E-state index is -0.276. The second-order valence-electron chi connectivity index (χ2n) is 9.61. The number of carbonyl (C=O) groups excluding carboxylic acids is 1. The predicted molar refractivity (Wildman–Crippen MR) is 142 cm³/mol. The van der Waals surface area contributed by atoms with E-state index >= 15 is 0 Å². The molecule has 198 valence electrons. The summed E-state index contributed by atoms with van der Waals surface area (Å²) >= 11 is 6.72. The Hall–Kier alpha value is -3.76. The minimum Gasteiger partial charge on any atom is -0.484 e. The maximum atomic E-state index is 11.9. The fourth-order valence-corrected chi connectivity index (χ4v) is 4.23. The average Bonchev–Trinajstić information content (AvgIpc) is 3.51. The number of aryl methyl sites for hydroxylation is 1. The molecule has 0 atom stereocenters. The van der Waals surface area contributed by atoms with Gasteiger partial charge in [-0.05, 0) is 69.0 Å². The second-order valence-corrected chi connectivity index (χ2v) is 10.0. The zero-order valence-corrected chi connectivity index (χ0v) is 22.0. The molecule has 0 spiro atoms. The molecule has 38 heavy (non-hydrogen) atoms. The van der Waals surface area contributed by atoms with Crippen molar-refractivity contribution in [3.63, 3.8) is 0 Å². The molecule has 0 bridgehead atoms. The number of imidazole rings is 1. The summed E-state index contributed by atoms with van der Waals surface area (Å²) in [7, 11) is 0. The van der Waals surface area contributed by atoms with Gasteiger partial charge in [0.25, 0.3) is 5.91 Å². The van der Waals surface area contributed by atoms with E-state index in [1.807, 2.05) is 23.6 Å². The molecular weight excluding hydrogens is 508 g/mol. The van der Waals surface area contributed by atoms with Gasteiger partial charge in [0, 0.05) is 24.9 Å². The number of nitrogens with one attached hydrogen (secondary N) is 1. The number of nitrogens with zero attached hydrogens (tertiary/aromatic N) is 5. The Morgan fingerprint density at radius 1 is 1.21 bits per heavy atom. The maximum Gasteiger partial charge on any atom is 0.257 e. The molecule has 1 fully saturated rings. The largest absolute Gasteiger partial charge is 0.484 e. The third-order valence-electron chi connectivity index (χ3n) is 6.30. The number of aliphatic hydroxyl groups excluding tert-OH is 1. The quantitative estimate of drug-likeness (QED) is 0.278. The molecule has 2 N–H and O–H groups in total. The standard InChI is InChI=1S/C27H29ClN6O4/c1-17-6-10-29-18(12-17)14-34-24(33-23-25(34)31-16-32-26(23)38-27(2)7-8-27)20-5-4-19(13-21(20)28)37-15-22(36)30-9-3-11-35/h4-6,10,12-13,16,35H,3,7-9,11,14-15H2,1-2H3,(H,30,36). The number of fused-ring (bicyclic) bond motifs is 1. The van der Waals surface area contributed by atoms with E-state index in [4.69, 9.17) is 31.2 Å². The third kappa shape index (κ3) is 5.87. The second kappa shape index (κ2) is 10.9. The Morgan fingerprint density at radius 3 is 2.79 bits per heavy atom. The number of aromatic nitrogens is 5. The number of aliphatic hydroxyl groups is 1. The van der Waals surface area contributed by atoms with Crippen LogP contribution in [-0.2, 0) is 11.3 Å². The number of halogens is 1. The lowest BCUT2D eigenvalue weighted by molar-refractivity contribution is -0.123.